The van der Waals surface area contributed by atoms with Gasteiger partial charge in [0.05, 0.1) is 32.3 Å². The molecule has 0 fully saturated rings. The molecule has 39 heavy (non-hydrogen) atoms. The summed E-state index contributed by atoms with van der Waals surface area (Å²) in [7, 11) is 4.65. The summed E-state index contributed by atoms with van der Waals surface area (Å²) in [5.41, 5.74) is 0.916. The van der Waals surface area contributed by atoms with Crippen LogP contribution in [0.25, 0.3) is 0 Å². The van der Waals surface area contributed by atoms with E-state index in [2.05, 4.69) is 0 Å². The number of rotatable bonds is 14. The van der Waals surface area contributed by atoms with Crippen LogP contribution in [0.2, 0.25) is 0 Å². The quantitative estimate of drug-likeness (QED) is 0.215. The lowest BCUT2D eigenvalue weighted by Crippen LogP contribution is -2.44. The monoisotopic (exact) mass is 555 g/mol. The fraction of sp³-hybridized carbons (Fsp3) is 0.357. The van der Waals surface area contributed by atoms with Crippen molar-refractivity contribution in [3.63, 3.8) is 0 Å². The summed E-state index contributed by atoms with van der Waals surface area (Å²) in [6.45, 7) is 2.99. The molecular formula is C28H33N3O7S. The molecule has 0 spiro atoms. The van der Waals surface area contributed by atoms with Crippen LogP contribution in [0.5, 0.6) is 11.5 Å². The molecule has 0 saturated carbocycles. The molecule has 3 rings (SSSR count). The van der Waals surface area contributed by atoms with Gasteiger partial charge >= 0.3 is 0 Å². The molecule has 0 N–H and O–H groups in total. The van der Waals surface area contributed by atoms with Gasteiger partial charge in [0, 0.05) is 47.6 Å². The normalized spacial score (nSPS) is 10.7. The number of ether oxygens (including phenoxy) is 3. The second kappa shape index (κ2) is 14.3. The molecule has 208 valence electrons. The highest BCUT2D eigenvalue weighted by Crippen LogP contribution is 2.28. The highest BCUT2D eigenvalue weighted by Gasteiger charge is 2.24. The van der Waals surface area contributed by atoms with Crippen molar-refractivity contribution in [2.75, 3.05) is 47.6 Å². The first kappa shape index (κ1) is 29.6. The van der Waals surface area contributed by atoms with Crippen LogP contribution in [0.1, 0.15) is 25.7 Å². The zero-order valence-electron chi connectivity index (χ0n) is 22.5. The lowest BCUT2D eigenvalue weighted by atomic mass is 10.1. The number of amides is 2. The Kier molecular flexibility index (Phi) is 10.8. The molecular weight excluding hydrogens is 522 g/mol. The third-order valence-corrected chi connectivity index (χ3v) is 7.08. The molecule has 0 aliphatic heterocycles. The Morgan fingerprint density at radius 3 is 2.36 bits per heavy atom. The average molecular weight is 556 g/mol. The molecule has 0 unspecified atom stereocenters. The van der Waals surface area contributed by atoms with Gasteiger partial charge in [-0.25, -0.2) is 0 Å². The van der Waals surface area contributed by atoms with Gasteiger partial charge in [-0.15, -0.1) is 11.3 Å². The van der Waals surface area contributed by atoms with Crippen LogP contribution in [0.3, 0.4) is 0 Å². The maximum absolute atomic E-state index is 13.6. The Morgan fingerprint density at radius 2 is 1.72 bits per heavy atom. The van der Waals surface area contributed by atoms with E-state index in [0.29, 0.717) is 31.0 Å². The van der Waals surface area contributed by atoms with Crippen molar-refractivity contribution in [3.05, 3.63) is 85.6 Å². The summed E-state index contributed by atoms with van der Waals surface area (Å²) in [6.07, 6.45) is 0.563. The third-order valence-electron chi connectivity index (χ3n) is 6.10. The van der Waals surface area contributed by atoms with Crippen LogP contribution >= 0.6 is 11.3 Å². The van der Waals surface area contributed by atoms with E-state index in [0.717, 1.165) is 15.3 Å². The second-order valence-electron chi connectivity index (χ2n) is 8.79. The molecule has 2 aromatic carbocycles. The lowest BCUT2D eigenvalue weighted by molar-refractivity contribution is -0.384. The van der Waals surface area contributed by atoms with Gasteiger partial charge in [0.2, 0.25) is 5.91 Å². The zero-order chi connectivity index (χ0) is 28.4. The van der Waals surface area contributed by atoms with Crippen molar-refractivity contribution in [1.82, 2.24) is 9.80 Å². The number of carbonyl (C=O) groups excluding carboxylic acids is 2. The van der Waals surface area contributed by atoms with E-state index < -0.39 is 10.8 Å². The topological polar surface area (TPSA) is 111 Å². The molecule has 0 bridgehead atoms. The van der Waals surface area contributed by atoms with E-state index in [1.54, 1.807) is 30.5 Å². The van der Waals surface area contributed by atoms with Crippen molar-refractivity contribution < 1.29 is 28.7 Å². The largest absolute Gasteiger partial charge is 0.493 e. The highest BCUT2D eigenvalue weighted by molar-refractivity contribution is 7.11. The third kappa shape index (κ3) is 8.26. The minimum atomic E-state index is -0.555. The standard InChI is InChI=1S/C28H33N3O7S/c1-20-8-10-24(39-20)18-29(13-12-21-9-11-25(37-3)26(16-21)38-4)27(32)19-30(14-15-36-2)28(33)22-6-5-7-23(17-22)31(34)35/h5-11,16-17H,12-15,18-19H2,1-4H3. The van der Waals surface area contributed by atoms with Crippen LogP contribution in [0.15, 0.2) is 54.6 Å². The fourth-order valence-corrected chi connectivity index (χ4v) is 4.91. The summed E-state index contributed by atoms with van der Waals surface area (Å²) >= 11 is 1.61. The van der Waals surface area contributed by atoms with Crippen LogP contribution in [0, 0.1) is 17.0 Å². The van der Waals surface area contributed by atoms with Gasteiger partial charge in [-0.1, -0.05) is 12.1 Å². The summed E-state index contributed by atoms with van der Waals surface area (Å²) in [5, 5.41) is 11.2. The van der Waals surface area contributed by atoms with Crippen LogP contribution in [0.4, 0.5) is 5.69 Å². The molecule has 0 saturated heterocycles. The van der Waals surface area contributed by atoms with E-state index in [-0.39, 0.29) is 36.9 Å². The Morgan fingerprint density at radius 1 is 0.949 bits per heavy atom. The average Bonchev–Trinajstić information content (AvgIpc) is 3.36. The number of benzene rings is 2. The predicted octanol–water partition coefficient (Wildman–Crippen LogP) is 4.34. The number of hydrogen-bond donors (Lipinski definition) is 0. The van der Waals surface area contributed by atoms with E-state index in [1.807, 2.05) is 37.3 Å². The maximum atomic E-state index is 13.6. The van der Waals surface area contributed by atoms with Crippen LogP contribution in [-0.4, -0.2) is 74.1 Å². The van der Waals surface area contributed by atoms with Crippen LogP contribution in [-0.2, 0) is 22.5 Å². The number of methoxy groups -OCH3 is 3. The summed E-state index contributed by atoms with van der Waals surface area (Å²) in [5.74, 6) is 0.513. The molecule has 0 radical (unpaired) electrons. The van der Waals surface area contributed by atoms with Gasteiger partial charge < -0.3 is 24.0 Å². The van der Waals surface area contributed by atoms with Gasteiger partial charge in [0.1, 0.15) is 6.54 Å². The molecule has 1 heterocycles. The molecule has 0 aliphatic rings. The van der Waals surface area contributed by atoms with Gasteiger partial charge in [-0.2, -0.15) is 0 Å². The molecule has 0 atom stereocenters. The maximum Gasteiger partial charge on any atom is 0.270 e. The Labute approximate surface area is 231 Å². The van der Waals surface area contributed by atoms with Crippen LogP contribution < -0.4 is 9.47 Å². The molecule has 0 aliphatic carbocycles. The first-order chi connectivity index (χ1) is 18.7. The Balaban J connectivity index is 1.81. The van der Waals surface area contributed by atoms with E-state index in [1.165, 1.54) is 36.3 Å². The van der Waals surface area contributed by atoms with Crippen molar-refractivity contribution in [2.45, 2.75) is 19.9 Å². The Bertz CT molecular complexity index is 1290. The van der Waals surface area contributed by atoms with E-state index in [4.69, 9.17) is 14.2 Å². The minimum Gasteiger partial charge on any atom is -0.493 e. The SMILES string of the molecule is COCCN(CC(=O)N(CCc1ccc(OC)c(OC)c1)Cc1ccc(C)s1)C(=O)c1cccc([N+](=O)[O-])c1. The highest BCUT2D eigenvalue weighted by atomic mass is 32.1. The number of hydrogen-bond acceptors (Lipinski definition) is 8. The number of non-ortho nitro benzene ring substituents is 1. The first-order valence-electron chi connectivity index (χ1n) is 12.3. The first-order valence-corrected chi connectivity index (χ1v) is 13.1. The Hall–Kier alpha value is -3.96. The predicted molar refractivity (Wildman–Crippen MR) is 149 cm³/mol. The molecule has 3 aromatic rings. The zero-order valence-corrected chi connectivity index (χ0v) is 23.4. The number of thiophene rings is 1. The lowest BCUT2D eigenvalue weighted by Gasteiger charge is -2.27. The number of aryl methyl sites for hydroxylation is 1. The van der Waals surface area contributed by atoms with E-state index >= 15 is 0 Å². The summed E-state index contributed by atoms with van der Waals surface area (Å²) in [4.78, 5) is 42.9. The van der Waals surface area contributed by atoms with Crippen molar-refractivity contribution in [1.29, 1.82) is 0 Å². The van der Waals surface area contributed by atoms with E-state index in [9.17, 15) is 19.7 Å². The molecule has 2 amide bonds. The smallest absolute Gasteiger partial charge is 0.270 e. The van der Waals surface area contributed by atoms with Gasteiger partial charge in [-0.05, 0) is 49.2 Å². The van der Waals surface area contributed by atoms with Gasteiger partial charge in [0.15, 0.2) is 11.5 Å². The second-order valence-corrected chi connectivity index (χ2v) is 10.2. The summed E-state index contributed by atoms with van der Waals surface area (Å²) < 4.78 is 15.9. The minimum absolute atomic E-state index is 0.138. The number of nitrogens with zero attached hydrogens (tertiary/aromatic N) is 3. The van der Waals surface area contributed by atoms with Gasteiger partial charge in [0.25, 0.3) is 11.6 Å². The fourth-order valence-electron chi connectivity index (χ4n) is 4.00. The number of nitro benzene ring substituents is 1. The van der Waals surface area contributed by atoms with Gasteiger partial charge in [-0.3, -0.25) is 19.7 Å². The summed E-state index contributed by atoms with van der Waals surface area (Å²) in [6, 6.07) is 15.1. The van der Waals surface area contributed by atoms with Crippen molar-refractivity contribution in [2.24, 2.45) is 0 Å². The molecule has 10 nitrogen and oxygen atoms in total. The molecule has 11 heteroatoms. The number of carbonyl (C=O) groups is 2. The number of nitro groups is 1. The van der Waals surface area contributed by atoms with Crippen molar-refractivity contribution >= 4 is 28.8 Å². The van der Waals surface area contributed by atoms with Crippen molar-refractivity contribution in [3.8, 4) is 11.5 Å². The molecule has 1 aromatic heterocycles.